The van der Waals surface area contributed by atoms with Crippen molar-refractivity contribution in [3.05, 3.63) is 64.9 Å². The van der Waals surface area contributed by atoms with Crippen molar-refractivity contribution in [1.82, 2.24) is 0 Å². The summed E-state index contributed by atoms with van der Waals surface area (Å²) in [7, 11) is -3.58. The number of sulfone groups is 1. The zero-order valence-corrected chi connectivity index (χ0v) is 12.2. The maximum atomic E-state index is 12.9. The third kappa shape index (κ3) is 3.00. The van der Waals surface area contributed by atoms with Gasteiger partial charge in [0.25, 0.3) is 0 Å². The van der Waals surface area contributed by atoms with Crippen molar-refractivity contribution >= 4 is 21.4 Å². The Hall–Kier alpha value is -1.43. The first-order valence-corrected chi connectivity index (χ1v) is 7.92. The molecule has 2 aromatic rings. The van der Waals surface area contributed by atoms with Crippen molar-refractivity contribution in [2.45, 2.75) is 10.1 Å². The molecule has 0 amide bonds. The van der Waals surface area contributed by atoms with Gasteiger partial charge in [0, 0.05) is 5.02 Å². The first kappa shape index (κ1) is 15.0. The minimum absolute atomic E-state index is 0.163. The summed E-state index contributed by atoms with van der Waals surface area (Å²) >= 11 is 5.76. The summed E-state index contributed by atoms with van der Waals surface area (Å²) in [5, 5.41) is -0.332. The lowest BCUT2D eigenvalue weighted by atomic mass is 10.1. The van der Waals surface area contributed by atoms with Gasteiger partial charge in [0.1, 0.15) is 11.1 Å². The fraction of sp³-hybridized carbons (Fsp3) is 0.143. The van der Waals surface area contributed by atoms with Crippen LogP contribution >= 0.6 is 11.6 Å². The minimum Gasteiger partial charge on any atom is -0.356 e. The van der Waals surface area contributed by atoms with E-state index in [1.165, 1.54) is 48.5 Å². The molecular formula is C14H14ClFNO2S+. The Morgan fingerprint density at radius 1 is 1.05 bits per heavy atom. The molecule has 0 aliphatic heterocycles. The normalized spacial score (nSPS) is 13.2. The molecule has 0 spiro atoms. The maximum Gasteiger partial charge on any atom is 0.190 e. The first-order valence-electron chi connectivity index (χ1n) is 5.99. The smallest absolute Gasteiger partial charge is 0.190 e. The number of hydrogen-bond donors (Lipinski definition) is 1. The van der Waals surface area contributed by atoms with Crippen molar-refractivity contribution in [3.8, 4) is 0 Å². The van der Waals surface area contributed by atoms with Crippen LogP contribution in [0.25, 0.3) is 0 Å². The highest BCUT2D eigenvalue weighted by Crippen LogP contribution is 2.28. The minimum atomic E-state index is -3.58. The third-order valence-corrected chi connectivity index (χ3v) is 5.46. The van der Waals surface area contributed by atoms with E-state index in [0.717, 1.165) is 0 Å². The zero-order chi connectivity index (χ0) is 14.8. The van der Waals surface area contributed by atoms with Crippen LogP contribution in [0.5, 0.6) is 0 Å². The molecule has 1 atom stereocenters. The molecule has 0 radical (unpaired) electrons. The van der Waals surface area contributed by atoms with Crippen molar-refractivity contribution in [2.24, 2.45) is 0 Å². The second kappa shape index (κ2) is 5.91. The van der Waals surface area contributed by atoms with Crippen LogP contribution < -0.4 is 5.73 Å². The number of benzene rings is 2. The Kier molecular flexibility index (Phi) is 4.42. The molecule has 0 bridgehead atoms. The van der Waals surface area contributed by atoms with E-state index in [0.29, 0.717) is 10.6 Å². The van der Waals surface area contributed by atoms with Crippen molar-refractivity contribution in [3.63, 3.8) is 0 Å². The monoisotopic (exact) mass is 314 g/mol. The van der Waals surface area contributed by atoms with E-state index in [1.54, 1.807) is 0 Å². The SMILES string of the molecule is [NH3+]C[C@H](c1ccc(F)cc1)S(=O)(=O)c1ccc(Cl)cc1. The van der Waals surface area contributed by atoms with Crippen molar-refractivity contribution < 1.29 is 18.5 Å². The zero-order valence-electron chi connectivity index (χ0n) is 10.6. The molecule has 0 aliphatic carbocycles. The standard InChI is InChI=1S/C14H13ClFNO2S/c15-11-3-7-13(8-4-11)20(18,19)14(9-17)10-1-5-12(16)6-2-10/h1-8,14H,9,17H2/p+1/t14-/m1/s1. The molecular weight excluding hydrogens is 301 g/mol. The Labute approximate surface area is 122 Å². The van der Waals surface area contributed by atoms with Crippen LogP contribution in [-0.2, 0) is 9.84 Å². The highest BCUT2D eigenvalue weighted by Gasteiger charge is 2.29. The summed E-state index contributed by atoms with van der Waals surface area (Å²) in [4.78, 5) is 0.180. The number of halogens is 2. The predicted octanol–water partition coefficient (Wildman–Crippen LogP) is 2.24. The van der Waals surface area contributed by atoms with Gasteiger partial charge in [-0.05, 0) is 42.0 Å². The molecule has 2 aromatic carbocycles. The van der Waals surface area contributed by atoms with Gasteiger partial charge in [-0.25, -0.2) is 12.8 Å². The average Bonchev–Trinajstić information content (AvgIpc) is 2.42. The van der Waals surface area contributed by atoms with Gasteiger partial charge in [-0.2, -0.15) is 0 Å². The Bertz CT molecular complexity index is 684. The summed E-state index contributed by atoms with van der Waals surface area (Å²) in [6.45, 7) is 0.163. The average molecular weight is 315 g/mol. The van der Waals surface area contributed by atoms with E-state index in [2.05, 4.69) is 5.73 Å². The molecule has 3 N–H and O–H groups in total. The van der Waals surface area contributed by atoms with Crippen LogP contribution in [0.3, 0.4) is 0 Å². The van der Waals surface area contributed by atoms with Gasteiger partial charge in [0.15, 0.2) is 9.84 Å². The summed E-state index contributed by atoms with van der Waals surface area (Å²) in [6.07, 6.45) is 0. The summed E-state index contributed by atoms with van der Waals surface area (Å²) in [6, 6.07) is 11.4. The summed E-state index contributed by atoms with van der Waals surface area (Å²) in [5.41, 5.74) is 4.22. The van der Waals surface area contributed by atoms with Crippen molar-refractivity contribution in [2.75, 3.05) is 6.54 Å². The van der Waals surface area contributed by atoms with Gasteiger partial charge >= 0.3 is 0 Å². The molecule has 106 valence electrons. The van der Waals surface area contributed by atoms with Gasteiger partial charge in [0.05, 0.1) is 11.4 Å². The predicted molar refractivity (Wildman–Crippen MR) is 75.5 cm³/mol. The number of hydrogen-bond acceptors (Lipinski definition) is 2. The van der Waals surface area contributed by atoms with E-state index in [4.69, 9.17) is 11.6 Å². The van der Waals surface area contributed by atoms with E-state index in [-0.39, 0.29) is 11.4 Å². The number of quaternary nitrogens is 1. The molecule has 6 heteroatoms. The quantitative estimate of drug-likeness (QED) is 0.940. The fourth-order valence-electron chi connectivity index (χ4n) is 1.97. The highest BCUT2D eigenvalue weighted by molar-refractivity contribution is 7.91. The molecule has 0 aliphatic rings. The molecule has 0 saturated heterocycles. The Balaban J connectivity index is 2.44. The van der Waals surface area contributed by atoms with Gasteiger partial charge in [-0.1, -0.05) is 23.7 Å². The van der Waals surface area contributed by atoms with Crippen LogP contribution in [0.2, 0.25) is 5.02 Å². The van der Waals surface area contributed by atoms with E-state index in [9.17, 15) is 12.8 Å². The molecule has 0 heterocycles. The Morgan fingerprint density at radius 2 is 1.60 bits per heavy atom. The fourth-order valence-corrected chi connectivity index (χ4v) is 3.76. The summed E-state index contributed by atoms with van der Waals surface area (Å²) < 4.78 is 38.1. The van der Waals surface area contributed by atoms with Crippen LogP contribution in [0.1, 0.15) is 10.8 Å². The third-order valence-electron chi connectivity index (χ3n) is 3.02. The van der Waals surface area contributed by atoms with Crippen LogP contribution in [0.4, 0.5) is 4.39 Å². The van der Waals surface area contributed by atoms with Crippen molar-refractivity contribution in [1.29, 1.82) is 0 Å². The molecule has 0 unspecified atom stereocenters. The van der Waals surface area contributed by atoms with Gasteiger partial charge in [-0.15, -0.1) is 0 Å². The molecule has 2 rings (SSSR count). The summed E-state index contributed by atoms with van der Waals surface area (Å²) in [5.74, 6) is -0.402. The molecule has 0 saturated carbocycles. The maximum absolute atomic E-state index is 12.9. The molecule has 0 fully saturated rings. The lowest BCUT2D eigenvalue weighted by Gasteiger charge is -2.14. The molecule has 0 aromatic heterocycles. The van der Waals surface area contributed by atoms with Crippen LogP contribution in [0, 0.1) is 5.82 Å². The van der Waals surface area contributed by atoms with E-state index in [1.807, 2.05) is 0 Å². The first-order chi connectivity index (χ1) is 9.45. The second-order valence-corrected chi connectivity index (χ2v) is 6.89. The molecule has 20 heavy (non-hydrogen) atoms. The second-order valence-electron chi connectivity index (χ2n) is 4.33. The lowest BCUT2D eigenvalue weighted by molar-refractivity contribution is -0.367. The van der Waals surface area contributed by atoms with Gasteiger partial charge < -0.3 is 5.73 Å². The van der Waals surface area contributed by atoms with Gasteiger partial charge in [-0.3, -0.25) is 0 Å². The van der Waals surface area contributed by atoms with Crippen LogP contribution in [0.15, 0.2) is 53.4 Å². The van der Waals surface area contributed by atoms with Gasteiger partial charge in [0.2, 0.25) is 0 Å². The lowest BCUT2D eigenvalue weighted by Crippen LogP contribution is -2.54. The molecule has 3 nitrogen and oxygen atoms in total. The largest absolute Gasteiger partial charge is 0.356 e. The number of rotatable bonds is 4. The topological polar surface area (TPSA) is 61.8 Å². The van der Waals surface area contributed by atoms with E-state index < -0.39 is 20.9 Å². The Morgan fingerprint density at radius 3 is 2.10 bits per heavy atom. The highest BCUT2D eigenvalue weighted by atomic mass is 35.5. The van der Waals surface area contributed by atoms with Crippen LogP contribution in [-0.4, -0.2) is 15.0 Å². The van der Waals surface area contributed by atoms with E-state index >= 15 is 0 Å².